The second kappa shape index (κ2) is 6.91. The van der Waals surface area contributed by atoms with Crippen molar-refractivity contribution in [3.05, 3.63) is 35.9 Å². The molecule has 0 saturated carbocycles. The summed E-state index contributed by atoms with van der Waals surface area (Å²) in [6, 6.07) is 8.17. The van der Waals surface area contributed by atoms with Crippen molar-refractivity contribution in [2.45, 2.75) is 38.5 Å². The number of ether oxygens (including phenoxy) is 1. The number of carboxylic acid groups (broad SMARTS) is 1. The summed E-state index contributed by atoms with van der Waals surface area (Å²) in [5, 5.41) is 21.0. The summed E-state index contributed by atoms with van der Waals surface area (Å²) in [5.74, 6) is -1.11. The fourth-order valence-corrected chi connectivity index (χ4v) is 1.56. The Bertz CT molecular complexity index is 452. The standard InChI is InChI=1S/C14H19NO5/c1-14(2,19)11(8-12(16)17)15-13(18)20-9-10-6-4-3-5-7-10/h3-7,11,19H,8-9H2,1-2H3,(H,15,18)(H,16,17). The Balaban J connectivity index is 2.52. The number of carbonyl (C=O) groups excluding carboxylic acids is 1. The molecule has 1 aromatic carbocycles. The van der Waals surface area contributed by atoms with Crippen LogP contribution < -0.4 is 5.32 Å². The van der Waals surface area contributed by atoms with Crippen molar-refractivity contribution in [3.63, 3.8) is 0 Å². The first kappa shape index (κ1) is 16.0. The van der Waals surface area contributed by atoms with Gasteiger partial charge in [-0.05, 0) is 19.4 Å². The molecule has 110 valence electrons. The number of rotatable bonds is 6. The number of aliphatic carboxylic acids is 1. The maximum Gasteiger partial charge on any atom is 0.407 e. The third kappa shape index (κ3) is 5.71. The van der Waals surface area contributed by atoms with Gasteiger partial charge in [-0.25, -0.2) is 4.79 Å². The highest BCUT2D eigenvalue weighted by Gasteiger charge is 2.30. The van der Waals surface area contributed by atoms with E-state index in [-0.39, 0.29) is 13.0 Å². The summed E-state index contributed by atoms with van der Waals surface area (Å²) in [6.45, 7) is 2.94. The molecule has 1 atom stereocenters. The Kier molecular flexibility index (Phi) is 5.52. The lowest BCUT2D eigenvalue weighted by molar-refractivity contribution is -0.139. The molecule has 1 amide bonds. The number of nitrogens with one attached hydrogen (secondary N) is 1. The van der Waals surface area contributed by atoms with Crippen molar-refractivity contribution in [2.24, 2.45) is 0 Å². The number of hydrogen-bond donors (Lipinski definition) is 3. The third-order valence-electron chi connectivity index (χ3n) is 2.74. The van der Waals surface area contributed by atoms with E-state index in [0.29, 0.717) is 0 Å². The van der Waals surface area contributed by atoms with Gasteiger partial charge < -0.3 is 20.3 Å². The second-order valence-electron chi connectivity index (χ2n) is 5.01. The minimum absolute atomic E-state index is 0.0817. The zero-order chi connectivity index (χ0) is 15.2. The number of hydrogen-bond acceptors (Lipinski definition) is 4. The van der Waals surface area contributed by atoms with E-state index in [4.69, 9.17) is 9.84 Å². The van der Waals surface area contributed by atoms with Crippen molar-refractivity contribution in [2.75, 3.05) is 0 Å². The van der Waals surface area contributed by atoms with E-state index in [0.717, 1.165) is 5.56 Å². The first-order valence-electron chi connectivity index (χ1n) is 6.20. The molecule has 0 saturated heterocycles. The van der Waals surface area contributed by atoms with E-state index < -0.39 is 23.7 Å². The average molecular weight is 281 g/mol. The van der Waals surface area contributed by atoms with Gasteiger partial charge in [-0.15, -0.1) is 0 Å². The van der Waals surface area contributed by atoms with Crippen LogP contribution in [0, 0.1) is 0 Å². The summed E-state index contributed by atoms with van der Waals surface area (Å²) in [5.41, 5.74) is -0.537. The van der Waals surface area contributed by atoms with Crippen LogP contribution in [0.1, 0.15) is 25.8 Å². The van der Waals surface area contributed by atoms with Crippen LogP contribution in [0.4, 0.5) is 4.79 Å². The molecule has 1 aromatic rings. The Morgan fingerprint density at radius 2 is 1.90 bits per heavy atom. The minimum atomic E-state index is -1.36. The second-order valence-corrected chi connectivity index (χ2v) is 5.01. The topological polar surface area (TPSA) is 95.9 Å². The molecule has 20 heavy (non-hydrogen) atoms. The van der Waals surface area contributed by atoms with Crippen LogP contribution in [0.3, 0.4) is 0 Å². The smallest absolute Gasteiger partial charge is 0.407 e. The fraction of sp³-hybridized carbons (Fsp3) is 0.429. The van der Waals surface area contributed by atoms with Gasteiger partial charge in [-0.3, -0.25) is 4.79 Å². The summed E-state index contributed by atoms with van der Waals surface area (Å²) in [4.78, 5) is 22.3. The van der Waals surface area contributed by atoms with Crippen LogP contribution in [-0.4, -0.2) is 33.9 Å². The van der Waals surface area contributed by atoms with E-state index in [1.165, 1.54) is 13.8 Å². The van der Waals surface area contributed by atoms with Crippen LogP contribution in [0.5, 0.6) is 0 Å². The first-order chi connectivity index (χ1) is 9.29. The molecule has 0 aliphatic rings. The average Bonchev–Trinajstić information content (AvgIpc) is 2.35. The molecule has 0 radical (unpaired) electrons. The van der Waals surface area contributed by atoms with Gasteiger partial charge in [0.05, 0.1) is 18.1 Å². The molecule has 3 N–H and O–H groups in total. The normalized spacial score (nSPS) is 12.6. The lowest BCUT2D eigenvalue weighted by Crippen LogP contribution is -2.50. The molecule has 0 heterocycles. The van der Waals surface area contributed by atoms with E-state index >= 15 is 0 Å². The van der Waals surface area contributed by atoms with Gasteiger partial charge in [-0.2, -0.15) is 0 Å². The van der Waals surface area contributed by atoms with E-state index in [9.17, 15) is 14.7 Å². The molecule has 1 rings (SSSR count). The molecule has 0 aliphatic carbocycles. The number of alkyl carbamates (subject to hydrolysis) is 1. The maximum absolute atomic E-state index is 11.6. The zero-order valence-corrected chi connectivity index (χ0v) is 11.5. The van der Waals surface area contributed by atoms with Crippen LogP contribution >= 0.6 is 0 Å². The number of carbonyl (C=O) groups is 2. The molecule has 0 aliphatic heterocycles. The Morgan fingerprint density at radius 3 is 2.40 bits per heavy atom. The molecule has 0 spiro atoms. The highest BCUT2D eigenvalue weighted by Crippen LogP contribution is 2.12. The monoisotopic (exact) mass is 281 g/mol. The molecule has 0 aromatic heterocycles. The summed E-state index contributed by atoms with van der Waals surface area (Å²) in [6.07, 6.45) is -1.15. The lowest BCUT2D eigenvalue weighted by atomic mass is 9.96. The van der Waals surface area contributed by atoms with E-state index in [1.54, 1.807) is 12.1 Å². The molecule has 6 heteroatoms. The number of benzene rings is 1. The van der Waals surface area contributed by atoms with E-state index in [2.05, 4.69) is 5.32 Å². The Hall–Kier alpha value is -2.08. The van der Waals surface area contributed by atoms with Crippen molar-refractivity contribution in [3.8, 4) is 0 Å². The fourth-order valence-electron chi connectivity index (χ4n) is 1.56. The largest absolute Gasteiger partial charge is 0.481 e. The molecular formula is C14H19NO5. The molecular weight excluding hydrogens is 262 g/mol. The quantitative estimate of drug-likeness (QED) is 0.735. The lowest BCUT2D eigenvalue weighted by Gasteiger charge is -2.28. The van der Waals surface area contributed by atoms with Gasteiger partial charge in [0.2, 0.25) is 0 Å². The van der Waals surface area contributed by atoms with Crippen LogP contribution in [0.25, 0.3) is 0 Å². The van der Waals surface area contributed by atoms with Gasteiger partial charge in [0.25, 0.3) is 0 Å². The summed E-state index contributed by atoms with van der Waals surface area (Å²) < 4.78 is 4.98. The number of amides is 1. The number of aliphatic hydroxyl groups is 1. The highest BCUT2D eigenvalue weighted by molar-refractivity contribution is 5.71. The zero-order valence-electron chi connectivity index (χ0n) is 11.5. The van der Waals surface area contributed by atoms with Crippen molar-refractivity contribution >= 4 is 12.1 Å². The van der Waals surface area contributed by atoms with Gasteiger partial charge in [-0.1, -0.05) is 30.3 Å². The molecule has 6 nitrogen and oxygen atoms in total. The first-order valence-corrected chi connectivity index (χ1v) is 6.20. The predicted octanol–water partition coefficient (Wildman–Crippen LogP) is 1.53. The molecule has 1 unspecified atom stereocenters. The molecule has 0 fully saturated rings. The van der Waals surface area contributed by atoms with Crippen molar-refractivity contribution in [1.82, 2.24) is 5.32 Å². The Labute approximate surface area is 117 Å². The minimum Gasteiger partial charge on any atom is -0.481 e. The van der Waals surface area contributed by atoms with Crippen LogP contribution in [-0.2, 0) is 16.1 Å². The van der Waals surface area contributed by atoms with Crippen molar-refractivity contribution in [1.29, 1.82) is 0 Å². The van der Waals surface area contributed by atoms with Gasteiger partial charge >= 0.3 is 12.1 Å². The maximum atomic E-state index is 11.6. The summed E-state index contributed by atoms with van der Waals surface area (Å²) >= 11 is 0. The van der Waals surface area contributed by atoms with Gasteiger partial charge in [0.1, 0.15) is 6.61 Å². The number of carboxylic acids is 1. The van der Waals surface area contributed by atoms with E-state index in [1.807, 2.05) is 18.2 Å². The van der Waals surface area contributed by atoms with Gasteiger partial charge in [0, 0.05) is 0 Å². The predicted molar refractivity (Wildman–Crippen MR) is 72.1 cm³/mol. The van der Waals surface area contributed by atoms with Crippen LogP contribution in [0.2, 0.25) is 0 Å². The SMILES string of the molecule is CC(C)(O)C(CC(=O)O)NC(=O)OCc1ccccc1. The Morgan fingerprint density at radius 1 is 1.30 bits per heavy atom. The molecule has 0 bridgehead atoms. The van der Waals surface area contributed by atoms with Crippen LogP contribution in [0.15, 0.2) is 30.3 Å². The van der Waals surface area contributed by atoms with Gasteiger partial charge in [0.15, 0.2) is 0 Å². The third-order valence-corrected chi connectivity index (χ3v) is 2.74. The highest BCUT2D eigenvalue weighted by atomic mass is 16.5. The van der Waals surface area contributed by atoms with Crippen molar-refractivity contribution < 1.29 is 24.5 Å². The summed E-state index contributed by atoms with van der Waals surface area (Å²) in [7, 11) is 0.